The van der Waals surface area contributed by atoms with Gasteiger partial charge in [-0.1, -0.05) is 40.7 Å². The van der Waals surface area contributed by atoms with Crippen LogP contribution in [-0.2, 0) is 14.9 Å². The Kier molecular flexibility index (Phi) is 4.97. The van der Waals surface area contributed by atoms with Crippen LogP contribution < -0.4 is 5.32 Å². The molecule has 1 amide bonds. The van der Waals surface area contributed by atoms with Gasteiger partial charge in [-0.2, -0.15) is 0 Å². The summed E-state index contributed by atoms with van der Waals surface area (Å²) in [7, 11) is 0. The minimum Gasteiger partial charge on any atom is -0.479 e. The Balaban J connectivity index is 2.21. The number of aliphatic carboxylic acids is 1. The van der Waals surface area contributed by atoms with Gasteiger partial charge >= 0.3 is 5.97 Å². The summed E-state index contributed by atoms with van der Waals surface area (Å²) in [6.45, 7) is 12.2. The second-order valence-electron chi connectivity index (χ2n) is 8.22. The van der Waals surface area contributed by atoms with Gasteiger partial charge in [0, 0.05) is 24.6 Å². The van der Waals surface area contributed by atoms with Crippen molar-refractivity contribution in [3.05, 3.63) is 29.6 Å². The zero-order valence-corrected chi connectivity index (χ0v) is 15.8. The summed E-state index contributed by atoms with van der Waals surface area (Å²) in [6.07, 6.45) is 1.71. The molecule has 1 aliphatic rings. The third-order valence-electron chi connectivity index (χ3n) is 5.32. The van der Waals surface area contributed by atoms with E-state index in [1.165, 1.54) is 0 Å². The Morgan fingerprint density at radius 3 is 2.40 bits per heavy atom. The fourth-order valence-electron chi connectivity index (χ4n) is 3.27. The summed E-state index contributed by atoms with van der Waals surface area (Å²) in [5.41, 5.74) is -0.906. The molecule has 2 atom stereocenters. The van der Waals surface area contributed by atoms with Gasteiger partial charge in [0.25, 0.3) is 5.91 Å². The predicted molar refractivity (Wildman–Crippen MR) is 94.6 cm³/mol. The summed E-state index contributed by atoms with van der Waals surface area (Å²) in [5, 5.41) is 12.5. The zero-order chi connectivity index (χ0) is 19.0. The summed E-state index contributed by atoms with van der Waals surface area (Å²) >= 11 is 0. The van der Waals surface area contributed by atoms with E-state index in [1.807, 2.05) is 13.0 Å². The maximum Gasteiger partial charge on any atom is 0.330 e. The molecule has 0 bridgehead atoms. The molecule has 1 aromatic rings. The lowest BCUT2D eigenvalue weighted by molar-refractivity contribution is -0.190. The van der Waals surface area contributed by atoms with Crippen molar-refractivity contribution in [2.24, 2.45) is 5.41 Å². The maximum absolute atomic E-state index is 12.6. The highest BCUT2D eigenvalue weighted by molar-refractivity contribution is 5.97. The van der Waals surface area contributed by atoms with Crippen LogP contribution in [0.4, 0.5) is 0 Å². The van der Waals surface area contributed by atoms with Gasteiger partial charge in [-0.3, -0.25) is 9.78 Å². The summed E-state index contributed by atoms with van der Waals surface area (Å²) < 4.78 is 5.61. The van der Waals surface area contributed by atoms with Crippen molar-refractivity contribution in [1.29, 1.82) is 0 Å². The monoisotopic (exact) mass is 348 g/mol. The number of carbonyl (C=O) groups excluding carboxylic acids is 1. The number of nitrogens with zero attached hydrogens (tertiary/aromatic N) is 1. The molecule has 0 aliphatic heterocycles. The molecule has 1 saturated carbocycles. The van der Waals surface area contributed by atoms with Crippen molar-refractivity contribution in [2.45, 2.75) is 65.0 Å². The smallest absolute Gasteiger partial charge is 0.330 e. The number of amides is 1. The Hall–Kier alpha value is -1.95. The number of hydrogen-bond acceptors (Lipinski definition) is 4. The molecule has 0 radical (unpaired) electrons. The van der Waals surface area contributed by atoms with Gasteiger partial charge in [-0.15, -0.1) is 0 Å². The molecule has 1 aliphatic carbocycles. The van der Waals surface area contributed by atoms with Crippen LogP contribution in [0.1, 0.15) is 64.0 Å². The molecule has 138 valence electrons. The van der Waals surface area contributed by atoms with Gasteiger partial charge in [-0.25, -0.2) is 4.79 Å². The number of rotatable bonds is 5. The number of carboxylic acids is 1. The number of carboxylic acid groups (broad SMARTS) is 1. The summed E-state index contributed by atoms with van der Waals surface area (Å²) in [4.78, 5) is 28.7. The number of ether oxygens (including phenoxy) is 1. The first-order chi connectivity index (χ1) is 11.5. The molecule has 2 N–H and O–H groups in total. The fraction of sp³-hybridized carbons (Fsp3) is 0.632. The van der Waals surface area contributed by atoms with Gasteiger partial charge in [0.05, 0.1) is 6.10 Å². The van der Waals surface area contributed by atoms with Crippen LogP contribution in [0.25, 0.3) is 0 Å². The van der Waals surface area contributed by atoms with E-state index in [0.29, 0.717) is 6.61 Å². The lowest BCUT2D eigenvalue weighted by Gasteiger charge is -2.58. The van der Waals surface area contributed by atoms with Crippen molar-refractivity contribution >= 4 is 11.9 Å². The summed E-state index contributed by atoms with van der Waals surface area (Å²) in [6, 6.07) is 3.49. The first kappa shape index (κ1) is 19.4. The Bertz CT molecular complexity index is 661. The molecule has 1 aromatic heterocycles. The SMILES string of the molecule is CCOC1CC(NC(=O)c2ccc(C(C)(C)C)cn2)(C(=O)O)C1(C)C. The van der Waals surface area contributed by atoms with E-state index in [1.54, 1.807) is 26.1 Å². The highest BCUT2D eigenvalue weighted by Gasteiger charge is 2.66. The minimum atomic E-state index is -1.35. The van der Waals surface area contributed by atoms with Crippen LogP contribution in [-0.4, -0.2) is 40.2 Å². The molecular weight excluding hydrogens is 320 g/mol. The molecule has 6 nitrogen and oxygen atoms in total. The number of pyridine rings is 1. The molecule has 1 heterocycles. The van der Waals surface area contributed by atoms with Gasteiger partial charge in [0.1, 0.15) is 11.2 Å². The lowest BCUT2D eigenvalue weighted by Crippen LogP contribution is -2.76. The Morgan fingerprint density at radius 2 is 2.00 bits per heavy atom. The van der Waals surface area contributed by atoms with Crippen LogP contribution in [0.5, 0.6) is 0 Å². The molecule has 25 heavy (non-hydrogen) atoms. The zero-order valence-electron chi connectivity index (χ0n) is 15.8. The average Bonchev–Trinajstić information content (AvgIpc) is 2.52. The van der Waals surface area contributed by atoms with E-state index < -0.39 is 22.8 Å². The van der Waals surface area contributed by atoms with E-state index in [4.69, 9.17) is 4.74 Å². The van der Waals surface area contributed by atoms with Crippen LogP contribution in [0.15, 0.2) is 18.3 Å². The van der Waals surface area contributed by atoms with E-state index >= 15 is 0 Å². The third-order valence-corrected chi connectivity index (χ3v) is 5.32. The van der Waals surface area contributed by atoms with Crippen LogP contribution in [0.3, 0.4) is 0 Å². The van der Waals surface area contributed by atoms with Crippen molar-refractivity contribution in [3.63, 3.8) is 0 Å². The largest absolute Gasteiger partial charge is 0.479 e. The van der Waals surface area contributed by atoms with E-state index in [2.05, 4.69) is 31.1 Å². The maximum atomic E-state index is 12.6. The third kappa shape index (κ3) is 3.27. The summed E-state index contributed by atoms with van der Waals surface area (Å²) in [5.74, 6) is -1.53. The molecule has 0 aromatic carbocycles. The van der Waals surface area contributed by atoms with Gasteiger partial charge in [0.2, 0.25) is 0 Å². The van der Waals surface area contributed by atoms with Gasteiger partial charge in [-0.05, 0) is 24.0 Å². The fourth-order valence-corrected chi connectivity index (χ4v) is 3.27. The van der Waals surface area contributed by atoms with Gasteiger partial charge in [0.15, 0.2) is 0 Å². The molecule has 0 spiro atoms. The molecular formula is C19H28N2O4. The second-order valence-corrected chi connectivity index (χ2v) is 8.22. The van der Waals surface area contributed by atoms with Crippen LogP contribution in [0, 0.1) is 5.41 Å². The lowest BCUT2D eigenvalue weighted by atomic mass is 9.54. The topological polar surface area (TPSA) is 88.5 Å². The standard InChI is InChI=1S/C19H28N2O4/c1-7-25-14-10-19(16(23)24,18(14,5)6)21-15(22)13-9-8-12(11-20-13)17(2,3)4/h8-9,11,14H,7,10H2,1-6H3,(H,21,22)(H,23,24). The molecule has 2 rings (SSSR count). The first-order valence-corrected chi connectivity index (χ1v) is 8.59. The highest BCUT2D eigenvalue weighted by Crippen LogP contribution is 2.51. The van der Waals surface area contributed by atoms with Crippen LogP contribution in [0.2, 0.25) is 0 Å². The predicted octanol–water partition coefficient (Wildman–Crippen LogP) is 2.77. The molecule has 1 fully saturated rings. The Morgan fingerprint density at radius 1 is 1.36 bits per heavy atom. The van der Waals surface area contributed by atoms with Crippen molar-refractivity contribution < 1.29 is 19.4 Å². The first-order valence-electron chi connectivity index (χ1n) is 8.59. The molecule has 2 unspecified atom stereocenters. The van der Waals surface area contributed by atoms with E-state index in [9.17, 15) is 14.7 Å². The van der Waals surface area contributed by atoms with Crippen molar-refractivity contribution in [3.8, 4) is 0 Å². The van der Waals surface area contributed by atoms with Gasteiger partial charge < -0.3 is 15.2 Å². The van der Waals surface area contributed by atoms with E-state index in [-0.39, 0.29) is 23.6 Å². The average molecular weight is 348 g/mol. The highest BCUT2D eigenvalue weighted by atomic mass is 16.5. The normalized spacial score (nSPS) is 25.1. The van der Waals surface area contributed by atoms with Crippen molar-refractivity contribution in [1.82, 2.24) is 10.3 Å². The van der Waals surface area contributed by atoms with Crippen molar-refractivity contribution in [2.75, 3.05) is 6.61 Å². The van der Waals surface area contributed by atoms with E-state index in [0.717, 1.165) is 5.56 Å². The second kappa shape index (κ2) is 6.41. The number of nitrogens with one attached hydrogen (secondary N) is 1. The Labute approximate surface area is 149 Å². The number of hydrogen-bond donors (Lipinski definition) is 2. The number of carbonyl (C=O) groups is 2. The number of aromatic nitrogens is 1. The van der Waals surface area contributed by atoms with Crippen LogP contribution >= 0.6 is 0 Å². The molecule has 0 saturated heterocycles. The quantitative estimate of drug-likeness (QED) is 0.854. The minimum absolute atomic E-state index is 0.0645. The molecule has 6 heteroatoms.